The van der Waals surface area contributed by atoms with Crippen LogP contribution >= 0.6 is 11.6 Å². The molecule has 0 radical (unpaired) electrons. The Kier molecular flexibility index (Phi) is 7.23. The molecule has 0 spiro atoms. The first kappa shape index (κ1) is 23.8. The summed E-state index contributed by atoms with van der Waals surface area (Å²) in [4.78, 5) is 29.6. The van der Waals surface area contributed by atoms with E-state index in [9.17, 15) is 18.4 Å². The van der Waals surface area contributed by atoms with E-state index in [0.717, 1.165) is 30.5 Å². The van der Waals surface area contributed by atoms with E-state index < -0.39 is 17.2 Å². The predicted molar refractivity (Wildman–Crippen MR) is 122 cm³/mol. The van der Waals surface area contributed by atoms with Crippen LogP contribution in [-0.2, 0) is 11.3 Å². The number of rotatable bonds is 7. The Morgan fingerprint density at radius 2 is 2.12 bits per heavy atom. The highest BCUT2D eigenvalue weighted by Gasteiger charge is 2.18. The van der Waals surface area contributed by atoms with Crippen LogP contribution in [0.2, 0.25) is 5.02 Å². The van der Waals surface area contributed by atoms with Crippen LogP contribution in [0.3, 0.4) is 0 Å². The Morgan fingerprint density at radius 1 is 1.29 bits per heavy atom. The number of amides is 1. The molecule has 7 nitrogen and oxygen atoms in total. The lowest BCUT2D eigenvalue weighted by Gasteiger charge is -2.14. The second-order valence-electron chi connectivity index (χ2n) is 7.91. The first-order chi connectivity index (χ1) is 16.3. The van der Waals surface area contributed by atoms with Gasteiger partial charge in [-0.05, 0) is 49.6 Å². The van der Waals surface area contributed by atoms with E-state index in [-0.39, 0.29) is 35.1 Å². The van der Waals surface area contributed by atoms with Gasteiger partial charge in [-0.1, -0.05) is 17.7 Å². The summed E-state index contributed by atoms with van der Waals surface area (Å²) in [6.45, 7) is 2.60. The van der Waals surface area contributed by atoms with Gasteiger partial charge in [0, 0.05) is 30.3 Å². The monoisotopic (exact) mass is 489 g/mol. The number of carbonyl (C=O) groups is 1. The fourth-order valence-corrected chi connectivity index (χ4v) is 3.79. The zero-order chi connectivity index (χ0) is 24.2. The molecule has 0 saturated carbocycles. The molecule has 1 fully saturated rings. The second kappa shape index (κ2) is 10.3. The maximum absolute atomic E-state index is 13.8. The number of hydrogen-bond donors (Lipinski definition) is 1. The van der Waals surface area contributed by atoms with Crippen molar-refractivity contribution in [2.24, 2.45) is 0 Å². The Morgan fingerprint density at radius 3 is 2.85 bits per heavy atom. The van der Waals surface area contributed by atoms with E-state index in [1.54, 1.807) is 25.1 Å². The molecule has 1 N–H and O–H groups in total. The van der Waals surface area contributed by atoms with Gasteiger partial charge in [-0.15, -0.1) is 0 Å². The highest BCUT2D eigenvalue weighted by Crippen LogP contribution is 2.22. The first-order valence-corrected chi connectivity index (χ1v) is 11.1. The molecule has 0 unspecified atom stereocenters. The molecular weight excluding hydrogens is 468 g/mol. The number of aryl methyl sites for hydroxylation is 1. The van der Waals surface area contributed by atoms with Crippen LogP contribution in [-0.4, -0.2) is 34.7 Å². The predicted octanol–water partition coefficient (Wildman–Crippen LogP) is 3.96. The average Bonchev–Trinajstić information content (AvgIpc) is 3.34. The normalized spacial score (nSPS) is 15.4. The van der Waals surface area contributed by atoms with Crippen molar-refractivity contribution in [2.75, 3.05) is 13.2 Å². The van der Waals surface area contributed by atoms with Gasteiger partial charge in [0.2, 0.25) is 5.88 Å². The van der Waals surface area contributed by atoms with E-state index in [2.05, 4.69) is 10.3 Å². The molecule has 1 aliphatic heterocycles. The molecule has 1 atom stereocenters. The van der Waals surface area contributed by atoms with Crippen LogP contribution < -0.4 is 15.6 Å². The van der Waals surface area contributed by atoms with Crippen LogP contribution in [0, 0.1) is 18.6 Å². The number of benzene rings is 2. The standard InChI is InChI=1S/C24H22ClF2N3O4/c1-14-4-5-15(22(31)28-11-18-3-2-8-33-18)9-20(14)30-13-29-23(21(25)24(30)32)34-12-16-6-7-17(26)10-19(16)27/h4-7,9-10,13,18H,2-3,8,11-12H2,1H3,(H,28,31)/t18-/m0/s1. The van der Waals surface area contributed by atoms with Crippen molar-refractivity contribution in [1.29, 1.82) is 0 Å². The van der Waals surface area contributed by atoms with Crippen molar-refractivity contribution in [3.63, 3.8) is 0 Å². The Hall–Kier alpha value is -3.30. The summed E-state index contributed by atoms with van der Waals surface area (Å²) in [6.07, 6.45) is 3.11. The van der Waals surface area contributed by atoms with Crippen molar-refractivity contribution in [3.05, 3.63) is 86.4 Å². The summed E-state index contributed by atoms with van der Waals surface area (Å²) in [5, 5.41) is 2.54. The maximum Gasteiger partial charge on any atom is 0.280 e. The number of nitrogens with zero attached hydrogens (tertiary/aromatic N) is 2. The summed E-state index contributed by atoms with van der Waals surface area (Å²) in [5.41, 5.74) is 0.985. The fourth-order valence-electron chi connectivity index (χ4n) is 3.60. The van der Waals surface area contributed by atoms with Crippen molar-refractivity contribution in [3.8, 4) is 11.6 Å². The van der Waals surface area contributed by atoms with Crippen molar-refractivity contribution >= 4 is 17.5 Å². The molecule has 178 valence electrons. The summed E-state index contributed by atoms with van der Waals surface area (Å²) < 4.78 is 39.0. The third kappa shape index (κ3) is 5.26. The number of halogens is 3. The molecule has 2 aromatic carbocycles. The highest BCUT2D eigenvalue weighted by atomic mass is 35.5. The van der Waals surface area contributed by atoms with E-state index in [4.69, 9.17) is 21.1 Å². The topological polar surface area (TPSA) is 82.4 Å². The molecule has 1 aromatic heterocycles. The molecule has 1 aliphatic rings. The van der Waals surface area contributed by atoms with Gasteiger partial charge in [-0.25, -0.2) is 13.8 Å². The van der Waals surface area contributed by atoms with E-state index in [0.29, 0.717) is 24.4 Å². The maximum atomic E-state index is 13.8. The van der Waals surface area contributed by atoms with Gasteiger partial charge >= 0.3 is 0 Å². The largest absolute Gasteiger partial charge is 0.471 e. The Balaban J connectivity index is 1.53. The SMILES string of the molecule is Cc1ccc(C(=O)NC[C@@H]2CCCO2)cc1-n1cnc(OCc2ccc(F)cc2F)c(Cl)c1=O. The summed E-state index contributed by atoms with van der Waals surface area (Å²) in [5.74, 6) is -1.97. The van der Waals surface area contributed by atoms with Crippen LogP contribution in [0.25, 0.3) is 5.69 Å². The Bertz CT molecular complexity index is 1280. The number of aromatic nitrogens is 2. The number of carbonyl (C=O) groups excluding carboxylic acids is 1. The number of nitrogens with one attached hydrogen (secondary N) is 1. The Labute approximate surface area is 199 Å². The van der Waals surface area contributed by atoms with Gasteiger partial charge in [0.05, 0.1) is 11.8 Å². The number of ether oxygens (including phenoxy) is 2. The van der Waals surface area contributed by atoms with Gasteiger partial charge < -0.3 is 14.8 Å². The first-order valence-electron chi connectivity index (χ1n) is 10.7. The van der Waals surface area contributed by atoms with Crippen LogP contribution in [0.5, 0.6) is 5.88 Å². The lowest BCUT2D eigenvalue weighted by atomic mass is 10.1. The molecule has 1 amide bonds. The summed E-state index contributed by atoms with van der Waals surface area (Å²) >= 11 is 6.19. The van der Waals surface area contributed by atoms with E-state index in [1.807, 2.05) is 0 Å². The molecule has 3 aromatic rings. The highest BCUT2D eigenvalue weighted by molar-refractivity contribution is 6.31. The average molecular weight is 490 g/mol. The third-order valence-corrected chi connectivity index (χ3v) is 5.83. The van der Waals surface area contributed by atoms with E-state index >= 15 is 0 Å². The molecule has 4 rings (SSSR count). The zero-order valence-electron chi connectivity index (χ0n) is 18.3. The van der Waals surface area contributed by atoms with Crippen molar-refractivity contribution in [2.45, 2.75) is 32.5 Å². The minimum atomic E-state index is -0.783. The van der Waals surface area contributed by atoms with Gasteiger partial charge in [0.25, 0.3) is 11.5 Å². The lowest BCUT2D eigenvalue weighted by Crippen LogP contribution is -2.32. The summed E-state index contributed by atoms with van der Waals surface area (Å²) in [6, 6.07) is 8.03. The quantitative estimate of drug-likeness (QED) is 0.543. The number of hydrogen-bond acceptors (Lipinski definition) is 5. The fraction of sp³-hybridized carbons (Fsp3) is 0.292. The molecular formula is C24H22ClF2N3O4. The van der Waals surface area contributed by atoms with Gasteiger partial charge in [-0.2, -0.15) is 0 Å². The van der Waals surface area contributed by atoms with Crippen LogP contribution in [0.15, 0.2) is 47.5 Å². The van der Waals surface area contributed by atoms with Crippen LogP contribution in [0.4, 0.5) is 8.78 Å². The minimum Gasteiger partial charge on any atom is -0.471 e. The van der Waals surface area contributed by atoms with Crippen LogP contribution in [0.1, 0.15) is 34.3 Å². The van der Waals surface area contributed by atoms with Crippen molar-refractivity contribution in [1.82, 2.24) is 14.9 Å². The lowest BCUT2D eigenvalue weighted by molar-refractivity contribution is 0.0857. The molecule has 34 heavy (non-hydrogen) atoms. The van der Waals surface area contributed by atoms with Crippen molar-refractivity contribution < 1.29 is 23.0 Å². The van der Waals surface area contributed by atoms with E-state index in [1.165, 1.54) is 17.0 Å². The molecule has 0 bridgehead atoms. The molecule has 1 saturated heterocycles. The molecule has 10 heteroatoms. The smallest absolute Gasteiger partial charge is 0.280 e. The third-order valence-electron chi connectivity index (χ3n) is 5.51. The second-order valence-corrected chi connectivity index (χ2v) is 8.29. The molecule has 0 aliphatic carbocycles. The minimum absolute atomic E-state index is 0.00965. The molecule has 2 heterocycles. The van der Waals surface area contributed by atoms with Gasteiger partial charge in [-0.3, -0.25) is 14.2 Å². The van der Waals surface area contributed by atoms with Gasteiger partial charge in [0.15, 0.2) is 5.02 Å². The summed E-state index contributed by atoms with van der Waals surface area (Å²) in [7, 11) is 0. The zero-order valence-corrected chi connectivity index (χ0v) is 19.1. The van der Waals surface area contributed by atoms with Gasteiger partial charge in [0.1, 0.15) is 24.6 Å².